The predicted octanol–water partition coefficient (Wildman–Crippen LogP) is 4.49. The van der Waals surface area contributed by atoms with Crippen LogP contribution in [0.1, 0.15) is 44.0 Å². The maximum absolute atomic E-state index is 13.5. The van der Waals surface area contributed by atoms with Crippen molar-refractivity contribution in [1.82, 2.24) is 4.90 Å². The van der Waals surface area contributed by atoms with Crippen LogP contribution in [0.2, 0.25) is 0 Å². The molecule has 1 aliphatic heterocycles. The first-order valence-electron chi connectivity index (χ1n) is 9.13. The number of unbranched alkanes of at least 4 members (excludes halogenated alkanes) is 1. The number of hydrogen-bond acceptors (Lipinski definition) is 4. The molecule has 0 saturated carbocycles. The molecular weight excluding hydrogens is 346 g/mol. The van der Waals surface area contributed by atoms with Gasteiger partial charge in [-0.3, -0.25) is 19.4 Å². The molecule has 0 bridgehead atoms. The fraction of sp³-hybridized carbons (Fsp3) is 0.400. The number of nitrogens with zero attached hydrogens (tertiary/aromatic N) is 2. The molecule has 1 aromatic heterocycles. The largest absolute Gasteiger partial charge is 0.320 e. The van der Waals surface area contributed by atoms with E-state index < -0.39 is 0 Å². The van der Waals surface area contributed by atoms with Gasteiger partial charge in [-0.2, -0.15) is 0 Å². The first-order valence-corrected chi connectivity index (χ1v) is 10.1. The molecule has 1 aliphatic rings. The molecule has 26 heavy (non-hydrogen) atoms. The summed E-state index contributed by atoms with van der Waals surface area (Å²) in [7, 11) is 0. The van der Waals surface area contributed by atoms with E-state index in [2.05, 4.69) is 24.1 Å². The molecule has 1 N–H and O–H groups in total. The molecule has 0 saturated heterocycles. The molecule has 1 atom stereocenters. The van der Waals surface area contributed by atoms with Crippen LogP contribution in [0.3, 0.4) is 0 Å². The molecule has 0 aliphatic carbocycles. The van der Waals surface area contributed by atoms with Gasteiger partial charge in [0.25, 0.3) is 5.91 Å². The number of carbonyl (C=O) groups is 2. The number of nitrogens with one attached hydrogen (secondary N) is 1. The minimum Gasteiger partial charge on any atom is -0.320 e. The van der Waals surface area contributed by atoms with Crippen LogP contribution >= 0.6 is 11.3 Å². The fourth-order valence-corrected chi connectivity index (χ4v) is 4.09. The third kappa shape index (κ3) is 3.39. The summed E-state index contributed by atoms with van der Waals surface area (Å²) < 4.78 is 0. The summed E-state index contributed by atoms with van der Waals surface area (Å²) in [5.41, 5.74) is 2.60. The first kappa shape index (κ1) is 18.6. The van der Waals surface area contributed by atoms with Crippen molar-refractivity contribution in [2.24, 2.45) is 0 Å². The molecule has 5 nitrogen and oxygen atoms in total. The van der Waals surface area contributed by atoms with Crippen LogP contribution in [0.5, 0.6) is 0 Å². The zero-order valence-electron chi connectivity index (χ0n) is 15.5. The number of likely N-dealkylation sites (N-methyl/N-ethyl adjacent to an activating group) is 1. The average molecular weight is 372 g/mol. The normalized spacial score (nSPS) is 14.5. The molecule has 0 radical (unpaired) electrons. The van der Waals surface area contributed by atoms with Crippen LogP contribution < -0.4 is 10.2 Å². The molecule has 6 heteroatoms. The maximum atomic E-state index is 13.5. The van der Waals surface area contributed by atoms with Crippen molar-refractivity contribution in [3.63, 3.8) is 0 Å². The van der Waals surface area contributed by atoms with Crippen molar-refractivity contribution >= 4 is 40.2 Å². The molecule has 2 amide bonds. The van der Waals surface area contributed by atoms with Gasteiger partial charge in [-0.1, -0.05) is 32.4 Å². The van der Waals surface area contributed by atoms with Gasteiger partial charge in [0.15, 0.2) is 0 Å². The van der Waals surface area contributed by atoms with Crippen molar-refractivity contribution in [3.05, 3.63) is 40.6 Å². The Balaban J connectivity index is 2.02. The van der Waals surface area contributed by atoms with Gasteiger partial charge in [0.1, 0.15) is 0 Å². The summed E-state index contributed by atoms with van der Waals surface area (Å²) in [4.78, 5) is 29.9. The molecule has 0 fully saturated rings. The zero-order chi connectivity index (χ0) is 18.7. The number of fused-ring (bicyclic) bond motifs is 2. The van der Waals surface area contributed by atoms with Crippen molar-refractivity contribution in [3.8, 4) is 0 Å². The van der Waals surface area contributed by atoms with Crippen LogP contribution in [0.25, 0.3) is 0 Å². The molecule has 2 heterocycles. The van der Waals surface area contributed by atoms with E-state index in [1.807, 2.05) is 36.6 Å². The molecule has 0 spiro atoms. The third-order valence-corrected chi connectivity index (χ3v) is 5.58. The van der Waals surface area contributed by atoms with Gasteiger partial charge in [0.05, 0.1) is 28.7 Å². The second kappa shape index (κ2) is 8.01. The van der Waals surface area contributed by atoms with E-state index in [9.17, 15) is 9.59 Å². The lowest BCUT2D eigenvalue weighted by Gasteiger charge is -2.32. The standard InChI is InChI=1S/C20H25N3O2S/c1-4-6-11-22(5-2)14(3)20(25)23-17-10-8-7-9-16(17)21-19(24)15-12-26-13-18(15)23/h7-10,12-14H,4-6,11H2,1-3H3,(H,21,24). The zero-order valence-corrected chi connectivity index (χ0v) is 16.3. The smallest absolute Gasteiger partial charge is 0.258 e. The van der Waals surface area contributed by atoms with Gasteiger partial charge >= 0.3 is 0 Å². The van der Waals surface area contributed by atoms with Crippen LogP contribution in [-0.2, 0) is 4.79 Å². The number of para-hydroxylation sites is 2. The summed E-state index contributed by atoms with van der Waals surface area (Å²) in [6.45, 7) is 7.90. The highest BCUT2D eigenvalue weighted by Gasteiger charge is 2.33. The number of rotatable bonds is 6. The van der Waals surface area contributed by atoms with Crippen molar-refractivity contribution in [2.45, 2.75) is 39.7 Å². The van der Waals surface area contributed by atoms with Gasteiger partial charge in [0.2, 0.25) is 5.91 Å². The Morgan fingerprint density at radius 3 is 2.73 bits per heavy atom. The van der Waals surface area contributed by atoms with E-state index in [0.29, 0.717) is 16.9 Å². The predicted molar refractivity (Wildman–Crippen MR) is 107 cm³/mol. The fourth-order valence-electron chi connectivity index (χ4n) is 3.29. The number of thiophene rings is 1. The third-order valence-electron chi connectivity index (χ3n) is 4.85. The van der Waals surface area contributed by atoms with Crippen LogP contribution in [0.15, 0.2) is 35.0 Å². The summed E-state index contributed by atoms with van der Waals surface area (Å²) in [5.74, 6) is -0.179. The Hall–Kier alpha value is -2.18. The Bertz CT molecular complexity index is 802. The van der Waals surface area contributed by atoms with E-state index in [-0.39, 0.29) is 17.9 Å². The number of benzene rings is 1. The van der Waals surface area contributed by atoms with E-state index >= 15 is 0 Å². The highest BCUT2D eigenvalue weighted by molar-refractivity contribution is 7.08. The van der Waals surface area contributed by atoms with Gasteiger partial charge in [-0.15, -0.1) is 11.3 Å². The molecule has 138 valence electrons. The van der Waals surface area contributed by atoms with Gasteiger partial charge < -0.3 is 5.32 Å². The topological polar surface area (TPSA) is 52.7 Å². The molecular formula is C20H25N3O2S. The summed E-state index contributed by atoms with van der Waals surface area (Å²) in [6.07, 6.45) is 2.16. The first-order chi connectivity index (χ1) is 12.6. The van der Waals surface area contributed by atoms with Crippen LogP contribution in [0.4, 0.5) is 17.1 Å². The van der Waals surface area contributed by atoms with Gasteiger partial charge in [-0.05, 0) is 38.6 Å². The second-order valence-corrected chi connectivity index (χ2v) is 7.22. The van der Waals surface area contributed by atoms with Crippen LogP contribution in [0, 0.1) is 0 Å². The van der Waals surface area contributed by atoms with E-state index in [1.165, 1.54) is 11.3 Å². The minimum absolute atomic E-state index is 0.00782. The Morgan fingerprint density at radius 1 is 1.23 bits per heavy atom. The van der Waals surface area contributed by atoms with Crippen molar-refractivity contribution in [1.29, 1.82) is 0 Å². The molecule has 1 aromatic carbocycles. The Morgan fingerprint density at radius 2 is 2.00 bits per heavy atom. The van der Waals surface area contributed by atoms with E-state index in [4.69, 9.17) is 0 Å². The maximum Gasteiger partial charge on any atom is 0.258 e. The lowest BCUT2D eigenvalue weighted by molar-refractivity contribution is -0.122. The number of carbonyl (C=O) groups excluding carboxylic acids is 2. The van der Waals surface area contributed by atoms with Crippen molar-refractivity contribution in [2.75, 3.05) is 23.3 Å². The Kier molecular flexibility index (Phi) is 5.74. The van der Waals surface area contributed by atoms with Crippen LogP contribution in [-0.4, -0.2) is 35.8 Å². The number of hydrogen-bond donors (Lipinski definition) is 1. The summed E-state index contributed by atoms with van der Waals surface area (Å²) in [5, 5.41) is 6.61. The number of anilines is 3. The van der Waals surface area contributed by atoms with Crippen molar-refractivity contribution < 1.29 is 9.59 Å². The monoisotopic (exact) mass is 371 g/mol. The highest BCUT2D eigenvalue weighted by Crippen LogP contribution is 2.40. The average Bonchev–Trinajstić information content (AvgIpc) is 3.09. The molecule has 1 unspecified atom stereocenters. The van der Waals surface area contributed by atoms with E-state index in [0.717, 1.165) is 31.6 Å². The Labute approximate surface area is 158 Å². The van der Waals surface area contributed by atoms with E-state index in [1.54, 1.807) is 10.3 Å². The lowest BCUT2D eigenvalue weighted by atomic mass is 10.1. The SMILES string of the molecule is CCCCN(CC)C(C)C(=O)N1c2ccccc2NC(=O)c2cscc21. The highest BCUT2D eigenvalue weighted by atomic mass is 32.1. The molecule has 3 rings (SSSR count). The minimum atomic E-state index is -0.263. The lowest BCUT2D eigenvalue weighted by Crippen LogP contribution is -2.46. The summed E-state index contributed by atoms with van der Waals surface area (Å²) in [6, 6.07) is 7.21. The number of amides is 2. The summed E-state index contributed by atoms with van der Waals surface area (Å²) >= 11 is 1.44. The second-order valence-electron chi connectivity index (χ2n) is 6.47. The van der Waals surface area contributed by atoms with Gasteiger partial charge in [-0.25, -0.2) is 0 Å². The molecule has 2 aromatic rings. The van der Waals surface area contributed by atoms with Gasteiger partial charge in [0, 0.05) is 10.8 Å². The quantitative estimate of drug-likeness (QED) is 0.814.